The quantitative estimate of drug-likeness (QED) is 0.165. The first-order chi connectivity index (χ1) is 16.8. The van der Waals surface area contributed by atoms with E-state index in [2.05, 4.69) is 15.6 Å². The van der Waals surface area contributed by atoms with Crippen molar-refractivity contribution in [3.8, 4) is 0 Å². The first-order valence-electron chi connectivity index (χ1n) is 11.1. The Bertz CT molecular complexity index is 1070. The number of aliphatic imine (C=N–C) groups is 1. The number of amides is 1. The second-order valence-electron chi connectivity index (χ2n) is 7.53. The minimum absolute atomic E-state index is 0.0631. The van der Waals surface area contributed by atoms with Gasteiger partial charge in [-0.3, -0.25) is 4.79 Å². The van der Waals surface area contributed by atoms with Crippen LogP contribution in [0, 0.1) is 0 Å². The van der Waals surface area contributed by atoms with Gasteiger partial charge in [-0.25, -0.2) is 0 Å². The van der Waals surface area contributed by atoms with Gasteiger partial charge in [-0.05, 0) is 55.3 Å². The van der Waals surface area contributed by atoms with E-state index in [1.807, 2.05) is 55.5 Å². The van der Waals surface area contributed by atoms with Gasteiger partial charge in [-0.15, -0.1) is 0 Å². The Morgan fingerprint density at radius 2 is 1.83 bits per heavy atom. The monoisotopic (exact) mass is 519 g/mol. The number of carbonyl (C=O) groups excluding carboxylic acids is 1. The molecule has 0 spiro atoms. The summed E-state index contributed by atoms with van der Waals surface area (Å²) in [6.45, 7) is 4.57. The van der Waals surface area contributed by atoms with Crippen LogP contribution in [-0.4, -0.2) is 50.3 Å². The Labute approximate surface area is 216 Å². The van der Waals surface area contributed by atoms with E-state index in [0.29, 0.717) is 40.5 Å². The molecule has 0 unspecified atom stereocenters. The third kappa shape index (κ3) is 10.1. The van der Waals surface area contributed by atoms with E-state index in [-0.39, 0.29) is 25.7 Å². The van der Waals surface area contributed by atoms with Gasteiger partial charge in [-0.2, -0.15) is 4.99 Å². The lowest BCUT2D eigenvalue weighted by atomic mass is 10.1. The third-order valence-electron chi connectivity index (χ3n) is 4.77. The lowest BCUT2D eigenvalue weighted by Crippen LogP contribution is -2.30. The summed E-state index contributed by atoms with van der Waals surface area (Å²) in [5.74, 6) is 0.422. The van der Waals surface area contributed by atoms with Crippen molar-refractivity contribution in [2.45, 2.75) is 20.5 Å². The number of rotatable bonds is 12. The molecular formula is C26H31Cl2N3O4. The molecule has 0 atom stereocenters. The molecule has 0 fully saturated rings. The van der Waals surface area contributed by atoms with Gasteiger partial charge in [0, 0.05) is 29.2 Å². The number of halogens is 2. The number of ether oxygens (including phenoxy) is 2. The van der Waals surface area contributed by atoms with Crippen LogP contribution in [0.2, 0.25) is 10.0 Å². The maximum atomic E-state index is 12.6. The predicted octanol–water partition coefficient (Wildman–Crippen LogP) is 4.59. The smallest absolute Gasteiger partial charge is 0.250 e. The first kappa shape index (κ1) is 28.4. The number of benzene rings is 2. The van der Waals surface area contributed by atoms with Crippen molar-refractivity contribution in [2.24, 2.45) is 4.99 Å². The SMILES string of the molecule is CNC(/N=C(OCc1cccc(Cl)c1)/C(C)=C\c1ccc(Cl)cc1)=C(/C)C(=O)NCCOCCO. The summed E-state index contributed by atoms with van der Waals surface area (Å²) in [6, 6.07) is 14.8. The number of hydrogen-bond donors (Lipinski definition) is 3. The van der Waals surface area contributed by atoms with Crippen LogP contribution in [0.25, 0.3) is 6.08 Å². The molecule has 3 N–H and O–H groups in total. The van der Waals surface area contributed by atoms with Crippen molar-refractivity contribution in [1.29, 1.82) is 0 Å². The van der Waals surface area contributed by atoms with Crippen molar-refractivity contribution in [1.82, 2.24) is 10.6 Å². The molecule has 0 heterocycles. The van der Waals surface area contributed by atoms with E-state index in [1.165, 1.54) is 0 Å². The number of aliphatic hydroxyl groups excluding tert-OH is 1. The normalized spacial score (nSPS) is 12.7. The van der Waals surface area contributed by atoms with Crippen LogP contribution in [0.3, 0.4) is 0 Å². The highest BCUT2D eigenvalue weighted by molar-refractivity contribution is 6.30. The lowest BCUT2D eigenvalue weighted by molar-refractivity contribution is -0.117. The van der Waals surface area contributed by atoms with Crippen molar-refractivity contribution >= 4 is 41.1 Å². The van der Waals surface area contributed by atoms with Gasteiger partial charge in [0.2, 0.25) is 5.90 Å². The Hall–Kier alpha value is -2.84. The summed E-state index contributed by atoms with van der Waals surface area (Å²) in [5, 5.41) is 15.8. The molecule has 0 radical (unpaired) electrons. The molecule has 0 aliphatic rings. The Morgan fingerprint density at radius 3 is 2.49 bits per heavy atom. The second kappa shape index (κ2) is 15.2. The van der Waals surface area contributed by atoms with Gasteiger partial charge in [0.1, 0.15) is 12.4 Å². The summed E-state index contributed by atoms with van der Waals surface area (Å²) in [5.41, 5.74) is 2.96. The highest BCUT2D eigenvalue weighted by Gasteiger charge is 2.13. The number of hydrogen-bond acceptors (Lipinski definition) is 6. The van der Waals surface area contributed by atoms with Crippen molar-refractivity contribution in [2.75, 3.05) is 33.4 Å². The Morgan fingerprint density at radius 1 is 1.09 bits per heavy atom. The molecule has 9 heteroatoms. The molecule has 188 valence electrons. The zero-order valence-corrected chi connectivity index (χ0v) is 21.6. The second-order valence-corrected chi connectivity index (χ2v) is 8.40. The number of carbonyl (C=O) groups is 1. The van der Waals surface area contributed by atoms with E-state index in [0.717, 1.165) is 16.7 Å². The minimum atomic E-state index is -0.292. The van der Waals surface area contributed by atoms with E-state index in [9.17, 15) is 4.79 Å². The highest BCUT2D eigenvalue weighted by atomic mass is 35.5. The molecule has 0 bridgehead atoms. The zero-order valence-electron chi connectivity index (χ0n) is 20.1. The van der Waals surface area contributed by atoms with Crippen LogP contribution < -0.4 is 10.6 Å². The fourth-order valence-electron chi connectivity index (χ4n) is 2.96. The molecular weight excluding hydrogens is 489 g/mol. The standard InChI is InChI=1S/C26H31Cl2N3O4/c1-18(15-20-7-9-22(27)10-8-20)26(35-17-21-5-4-6-23(28)16-21)31-24(29-3)19(2)25(33)30-11-13-34-14-12-32/h4-10,15-16,29,32H,11-14,17H2,1-3H3,(H,30,33)/b18-15-,24-19+,31-26-. The Balaban J connectivity index is 2.30. The van der Waals surface area contributed by atoms with Crippen molar-refractivity contribution in [3.63, 3.8) is 0 Å². The number of nitrogens with zero attached hydrogens (tertiary/aromatic N) is 1. The van der Waals surface area contributed by atoms with Gasteiger partial charge in [-0.1, -0.05) is 47.5 Å². The van der Waals surface area contributed by atoms with Crippen molar-refractivity contribution in [3.05, 3.63) is 86.7 Å². The molecule has 35 heavy (non-hydrogen) atoms. The zero-order chi connectivity index (χ0) is 25.6. The molecule has 2 aromatic rings. The molecule has 0 aliphatic heterocycles. The van der Waals surface area contributed by atoms with Gasteiger partial charge in [0.25, 0.3) is 5.91 Å². The average Bonchev–Trinajstić information content (AvgIpc) is 2.85. The maximum Gasteiger partial charge on any atom is 0.250 e. The molecule has 1 amide bonds. The van der Waals surface area contributed by atoms with Crippen molar-refractivity contribution < 1.29 is 19.4 Å². The minimum Gasteiger partial charge on any atom is -0.473 e. The van der Waals surface area contributed by atoms with E-state index >= 15 is 0 Å². The van der Waals surface area contributed by atoms with Crippen LogP contribution in [0.15, 0.2) is 70.5 Å². The number of nitrogens with one attached hydrogen (secondary N) is 2. The topological polar surface area (TPSA) is 92.2 Å². The van der Waals surface area contributed by atoms with Crippen LogP contribution >= 0.6 is 23.2 Å². The highest BCUT2D eigenvalue weighted by Crippen LogP contribution is 2.17. The fraction of sp³-hybridized carbons (Fsp3) is 0.308. The Kier molecular flexibility index (Phi) is 12.3. The van der Waals surface area contributed by atoms with Gasteiger partial charge in [0.05, 0.1) is 25.4 Å². The van der Waals surface area contributed by atoms with Crippen LogP contribution in [0.1, 0.15) is 25.0 Å². The lowest BCUT2D eigenvalue weighted by Gasteiger charge is -2.14. The summed E-state index contributed by atoms with van der Waals surface area (Å²) in [7, 11) is 1.69. The third-order valence-corrected chi connectivity index (χ3v) is 5.26. The maximum absolute atomic E-state index is 12.6. The van der Waals surface area contributed by atoms with Crippen LogP contribution in [-0.2, 0) is 20.9 Å². The molecule has 0 aromatic heterocycles. The number of aliphatic hydroxyl groups is 1. The van der Waals surface area contributed by atoms with Gasteiger partial charge < -0.3 is 25.2 Å². The van der Waals surface area contributed by atoms with E-state index < -0.39 is 0 Å². The average molecular weight is 520 g/mol. The fourth-order valence-corrected chi connectivity index (χ4v) is 3.29. The summed E-state index contributed by atoms with van der Waals surface area (Å²) >= 11 is 12.1. The summed E-state index contributed by atoms with van der Waals surface area (Å²) in [6.07, 6.45) is 1.92. The molecule has 0 saturated carbocycles. The van der Waals surface area contributed by atoms with Crippen LogP contribution in [0.5, 0.6) is 0 Å². The molecule has 2 rings (SSSR count). The molecule has 7 nitrogen and oxygen atoms in total. The molecule has 2 aromatic carbocycles. The molecule has 0 saturated heterocycles. The van der Waals surface area contributed by atoms with Crippen LogP contribution in [0.4, 0.5) is 0 Å². The largest absolute Gasteiger partial charge is 0.473 e. The van der Waals surface area contributed by atoms with Gasteiger partial charge in [0.15, 0.2) is 0 Å². The van der Waals surface area contributed by atoms with E-state index in [4.69, 9.17) is 37.8 Å². The summed E-state index contributed by atoms with van der Waals surface area (Å²) < 4.78 is 11.2. The van der Waals surface area contributed by atoms with E-state index in [1.54, 1.807) is 20.0 Å². The first-order valence-corrected chi connectivity index (χ1v) is 11.8. The summed E-state index contributed by atoms with van der Waals surface area (Å²) in [4.78, 5) is 17.2. The predicted molar refractivity (Wildman–Crippen MR) is 141 cm³/mol. The van der Waals surface area contributed by atoms with Gasteiger partial charge >= 0.3 is 0 Å². The molecule has 0 aliphatic carbocycles.